The number of piperidine rings is 1. The molecule has 10 heteroatoms. The highest BCUT2D eigenvalue weighted by Gasteiger charge is 2.64. The number of rotatable bonds is 6. The van der Waals surface area contributed by atoms with Crippen molar-refractivity contribution in [1.29, 1.82) is 0 Å². The van der Waals surface area contributed by atoms with Gasteiger partial charge in [0.15, 0.2) is 0 Å². The molecule has 30 heavy (non-hydrogen) atoms. The van der Waals surface area contributed by atoms with Gasteiger partial charge in [-0.3, -0.25) is 19.4 Å². The molecule has 2 N–H and O–H groups in total. The number of amides is 2. The Labute approximate surface area is 177 Å². The van der Waals surface area contributed by atoms with Crippen LogP contribution in [0.15, 0.2) is 18.2 Å². The molecular formula is C20H24ClF3N4O2. The Balaban J connectivity index is 1.24. The maximum absolute atomic E-state index is 13.0. The Kier molecular flexibility index (Phi) is 5.48. The van der Waals surface area contributed by atoms with Gasteiger partial charge in [-0.25, -0.2) is 0 Å². The molecule has 0 radical (unpaired) electrons. The van der Waals surface area contributed by atoms with Gasteiger partial charge in [-0.1, -0.05) is 11.6 Å². The predicted octanol–water partition coefficient (Wildman–Crippen LogP) is 2.56. The summed E-state index contributed by atoms with van der Waals surface area (Å²) in [5, 5.41) is 5.58. The number of nitrogens with zero attached hydrogens (tertiary/aromatic N) is 2. The van der Waals surface area contributed by atoms with E-state index in [0.717, 1.165) is 12.0 Å². The van der Waals surface area contributed by atoms with E-state index in [2.05, 4.69) is 10.6 Å². The number of hydrogen-bond donors (Lipinski definition) is 2. The first-order chi connectivity index (χ1) is 14.0. The second kappa shape index (κ2) is 7.69. The van der Waals surface area contributed by atoms with Crippen molar-refractivity contribution in [3.8, 4) is 0 Å². The van der Waals surface area contributed by atoms with Crippen LogP contribution in [-0.2, 0) is 9.59 Å². The third kappa shape index (κ3) is 4.43. The highest BCUT2D eigenvalue weighted by Crippen LogP contribution is 2.49. The third-order valence-electron chi connectivity index (χ3n) is 6.11. The van der Waals surface area contributed by atoms with E-state index in [4.69, 9.17) is 11.6 Å². The zero-order chi connectivity index (χ0) is 21.7. The highest BCUT2D eigenvalue weighted by molar-refractivity contribution is 6.31. The molecule has 2 atom stereocenters. The Hall–Kier alpha value is -1.84. The van der Waals surface area contributed by atoms with Crippen LogP contribution in [0.1, 0.15) is 24.8 Å². The van der Waals surface area contributed by atoms with E-state index in [9.17, 15) is 22.8 Å². The Morgan fingerprint density at radius 3 is 2.37 bits per heavy atom. The van der Waals surface area contributed by atoms with Crippen molar-refractivity contribution in [2.75, 3.05) is 31.5 Å². The normalized spacial score (nSPS) is 25.4. The summed E-state index contributed by atoms with van der Waals surface area (Å²) in [6.07, 6.45) is -3.61. The van der Waals surface area contributed by atoms with Crippen LogP contribution in [0.5, 0.6) is 0 Å². The largest absolute Gasteiger partial charge is 0.411 e. The molecule has 1 aromatic rings. The fourth-order valence-corrected chi connectivity index (χ4v) is 4.74. The average molecular weight is 445 g/mol. The number of fused-ring (bicyclic) bond motifs is 2. The van der Waals surface area contributed by atoms with Gasteiger partial charge in [-0.2, -0.15) is 13.2 Å². The molecule has 1 saturated carbocycles. The Morgan fingerprint density at radius 2 is 1.80 bits per heavy atom. The number of anilines is 1. The summed E-state index contributed by atoms with van der Waals surface area (Å²) in [4.78, 5) is 28.5. The first-order valence-electron chi connectivity index (χ1n) is 9.97. The number of nitrogens with one attached hydrogen (secondary N) is 2. The summed E-state index contributed by atoms with van der Waals surface area (Å²) in [5.74, 6) is -0.731. The fraction of sp³-hybridized carbons (Fsp3) is 0.600. The molecule has 0 aromatic heterocycles. The van der Waals surface area contributed by atoms with E-state index >= 15 is 0 Å². The van der Waals surface area contributed by atoms with Crippen molar-refractivity contribution in [3.05, 3.63) is 28.8 Å². The highest BCUT2D eigenvalue weighted by atomic mass is 35.5. The molecule has 0 spiro atoms. The lowest BCUT2D eigenvalue weighted by Crippen LogP contribution is -2.70. The van der Waals surface area contributed by atoms with Crippen LogP contribution in [0.25, 0.3) is 0 Å². The monoisotopic (exact) mass is 444 g/mol. The number of alkyl halides is 3. The molecule has 6 nitrogen and oxygen atoms in total. The van der Waals surface area contributed by atoms with E-state index in [0.29, 0.717) is 23.8 Å². The minimum Gasteiger partial charge on any atom is -0.341 e. The molecule has 3 saturated heterocycles. The van der Waals surface area contributed by atoms with Crippen LogP contribution < -0.4 is 10.6 Å². The molecule has 2 amide bonds. The van der Waals surface area contributed by atoms with Crippen molar-refractivity contribution in [2.24, 2.45) is 0 Å². The zero-order valence-corrected chi connectivity index (χ0v) is 17.3. The van der Waals surface area contributed by atoms with Crippen molar-refractivity contribution in [3.63, 3.8) is 0 Å². The lowest BCUT2D eigenvalue weighted by atomic mass is 9.87. The van der Waals surface area contributed by atoms with E-state index in [1.54, 1.807) is 12.1 Å². The number of carbonyl (C=O) groups is 2. The fourth-order valence-electron chi connectivity index (χ4n) is 4.45. The summed E-state index contributed by atoms with van der Waals surface area (Å²) >= 11 is 6.01. The summed E-state index contributed by atoms with van der Waals surface area (Å²) in [5.41, 5.74) is -0.430. The lowest BCUT2D eigenvalue weighted by molar-refractivity contribution is -0.172. The second-order valence-electron chi connectivity index (χ2n) is 8.60. The molecule has 5 rings (SSSR count). The number of hydrogen-bond acceptors (Lipinski definition) is 4. The van der Waals surface area contributed by atoms with Crippen molar-refractivity contribution < 1.29 is 22.8 Å². The first-order valence-corrected chi connectivity index (χ1v) is 10.4. The van der Waals surface area contributed by atoms with Crippen LogP contribution in [0, 0.1) is 6.92 Å². The SMILES string of the molecule is Cc1cc(Cl)cc(NC(=O)CN2CC3CC(C2)N3CC(=O)NC2(C(F)(F)F)CC2)c1. The van der Waals surface area contributed by atoms with Crippen molar-refractivity contribution in [2.45, 2.75) is 50.0 Å². The predicted molar refractivity (Wildman–Crippen MR) is 106 cm³/mol. The van der Waals surface area contributed by atoms with Crippen molar-refractivity contribution in [1.82, 2.24) is 15.1 Å². The summed E-state index contributed by atoms with van der Waals surface area (Å²) in [6.45, 7) is 3.29. The van der Waals surface area contributed by atoms with Gasteiger partial charge < -0.3 is 10.6 Å². The summed E-state index contributed by atoms with van der Waals surface area (Å²) in [7, 11) is 0. The Morgan fingerprint density at radius 1 is 1.13 bits per heavy atom. The number of aryl methyl sites for hydroxylation is 1. The lowest BCUT2D eigenvalue weighted by Gasteiger charge is -2.56. The number of halogens is 4. The molecular weight excluding hydrogens is 421 g/mol. The Bertz CT molecular complexity index is 827. The van der Waals surface area contributed by atoms with E-state index in [1.165, 1.54) is 0 Å². The molecule has 1 aromatic carbocycles. The standard InChI is InChI=1S/C20H24ClF3N4O2/c1-12-4-13(21)6-14(5-12)25-17(29)10-27-8-15-7-16(9-27)28(15)11-18(30)26-19(2-3-19)20(22,23)24/h4-6,15-16H,2-3,7-11H2,1H3,(H,25,29)(H,26,30). The van der Waals surface area contributed by atoms with Gasteiger partial charge in [-0.05, 0) is 49.9 Å². The number of carbonyl (C=O) groups excluding carboxylic acids is 2. The minimum absolute atomic E-state index is 0.0327. The topological polar surface area (TPSA) is 64.7 Å². The van der Waals surface area contributed by atoms with Gasteiger partial charge in [0.2, 0.25) is 11.8 Å². The molecule has 4 fully saturated rings. The third-order valence-corrected chi connectivity index (χ3v) is 6.33. The van der Waals surface area contributed by atoms with Gasteiger partial charge in [0.1, 0.15) is 5.54 Å². The van der Waals surface area contributed by atoms with Crippen LogP contribution in [0.4, 0.5) is 18.9 Å². The van der Waals surface area contributed by atoms with Crippen LogP contribution in [-0.4, -0.2) is 71.6 Å². The summed E-state index contributed by atoms with van der Waals surface area (Å²) < 4.78 is 39.0. The molecule has 1 aliphatic carbocycles. The second-order valence-corrected chi connectivity index (χ2v) is 9.04. The minimum atomic E-state index is -4.40. The van der Waals surface area contributed by atoms with Gasteiger partial charge in [0.25, 0.3) is 0 Å². The van der Waals surface area contributed by atoms with Gasteiger partial charge >= 0.3 is 6.18 Å². The van der Waals surface area contributed by atoms with Crippen LogP contribution in [0.2, 0.25) is 5.02 Å². The maximum atomic E-state index is 13.0. The number of piperazine rings is 1. The van der Waals surface area contributed by atoms with E-state index < -0.39 is 17.6 Å². The molecule has 2 unspecified atom stereocenters. The average Bonchev–Trinajstić information content (AvgIpc) is 3.39. The van der Waals surface area contributed by atoms with E-state index in [1.807, 2.05) is 22.8 Å². The quantitative estimate of drug-likeness (QED) is 0.708. The van der Waals surface area contributed by atoms with Crippen LogP contribution >= 0.6 is 11.6 Å². The van der Waals surface area contributed by atoms with Gasteiger partial charge in [-0.15, -0.1) is 0 Å². The maximum Gasteiger partial charge on any atom is 0.411 e. The smallest absolute Gasteiger partial charge is 0.341 e. The molecule has 3 heterocycles. The van der Waals surface area contributed by atoms with Crippen LogP contribution in [0.3, 0.4) is 0 Å². The van der Waals surface area contributed by atoms with Gasteiger partial charge in [0, 0.05) is 35.9 Å². The molecule has 164 valence electrons. The number of benzene rings is 1. The zero-order valence-electron chi connectivity index (χ0n) is 16.6. The molecule has 3 aliphatic heterocycles. The van der Waals surface area contributed by atoms with Gasteiger partial charge in [0.05, 0.1) is 13.1 Å². The first kappa shape index (κ1) is 21.4. The van der Waals surface area contributed by atoms with Crippen molar-refractivity contribution >= 4 is 29.1 Å². The summed E-state index contributed by atoms with van der Waals surface area (Å²) in [6, 6.07) is 5.49. The molecule has 4 aliphatic rings. The molecule has 2 bridgehead atoms. The van der Waals surface area contributed by atoms with E-state index in [-0.39, 0.29) is 43.9 Å².